The van der Waals surface area contributed by atoms with E-state index in [-0.39, 0.29) is 5.63 Å². The number of methoxy groups -OCH3 is 1. The first-order valence-electron chi connectivity index (χ1n) is 6.15. The van der Waals surface area contributed by atoms with Crippen LogP contribution in [-0.4, -0.2) is 13.1 Å². The molecule has 0 aliphatic carbocycles. The van der Waals surface area contributed by atoms with Crippen molar-refractivity contribution in [2.45, 2.75) is 6.92 Å². The summed E-state index contributed by atoms with van der Waals surface area (Å²) < 4.78 is 10.00. The topological polar surface area (TPSA) is 56.5 Å². The number of carbonyl (C=O) groups is 1. The normalized spacial score (nSPS) is 10.9. The third kappa shape index (κ3) is 1.86. The van der Waals surface area contributed by atoms with Gasteiger partial charge in [-0.15, -0.1) is 0 Å². The van der Waals surface area contributed by atoms with Gasteiger partial charge in [0.1, 0.15) is 5.58 Å². The van der Waals surface area contributed by atoms with Crippen molar-refractivity contribution >= 4 is 27.7 Å². The third-order valence-electron chi connectivity index (χ3n) is 3.29. The second kappa shape index (κ2) is 4.49. The van der Waals surface area contributed by atoms with E-state index in [2.05, 4.69) is 0 Å². The molecule has 0 saturated carbocycles. The molecule has 0 N–H and O–H groups in total. The molecular formula is C16H12O4. The van der Waals surface area contributed by atoms with Gasteiger partial charge in [-0.3, -0.25) is 0 Å². The third-order valence-corrected chi connectivity index (χ3v) is 3.29. The largest absolute Gasteiger partial charge is 0.465 e. The number of ether oxygens (including phenoxy) is 1. The predicted molar refractivity (Wildman–Crippen MR) is 76.1 cm³/mol. The molecule has 0 spiro atoms. The molecule has 0 aliphatic heterocycles. The quantitative estimate of drug-likeness (QED) is 0.386. The lowest BCUT2D eigenvalue weighted by Gasteiger charge is -2.05. The van der Waals surface area contributed by atoms with Gasteiger partial charge in [0.05, 0.1) is 18.1 Å². The van der Waals surface area contributed by atoms with E-state index in [0.717, 1.165) is 16.3 Å². The summed E-state index contributed by atoms with van der Waals surface area (Å²) in [5, 5.41) is 2.01. The van der Waals surface area contributed by atoms with Gasteiger partial charge < -0.3 is 9.15 Å². The van der Waals surface area contributed by atoms with Crippen LogP contribution in [0.1, 0.15) is 15.9 Å². The number of hydrogen-bond acceptors (Lipinski definition) is 4. The first kappa shape index (κ1) is 12.4. The van der Waals surface area contributed by atoms with Crippen LogP contribution in [0, 0.1) is 6.92 Å². The Kier molecular flexibility index (Phi) is 2.79. The van der Waals surface area contributed by atoms with Crippen molar-refractivity contribution in [1.29, 1.82) is 0 Å². The van der Waals surface area contributed by atoms with Gasteiger partial charge in [-0.05, 0) is 36.6 Å². The number of hydrogen-bond donors (Lipinski definition) is 0. The van der Waals surface area contributed by atoms with E-state index in [9.17, 15) is 9.59 Å². The van der Waals surface area contributed by atoms with Crippen LogP contribution in [-0.2, 0) is 4.74 Å². The molecule has 0 atom stereocenters. The van der Waals surface area contributed by atoms with Gasteiger partial charge in [0, 0.05) is 5.39 Å². The number of fused-ring (bicyclic) bond motifs is 3. The smallest absolute Gasteiger partial charge is 0.344 e. The molecule has 3 rings (SSSR count). The molecule has 0 amide bonds. The molecule has 0 saturated heterocycles. The Labute approximate surface area is 114 Å². The van der Waals surface area contributed by atoms with Crippen molar-refractivity contribution in [1.82, 2.24) is 0 Å². The number of benzene rings is 2. The van der Waals surface area contributed by atoms with E-state index in [1.165, 1.54) is 7.11 Å². The zero-order chi connectivity index (χ0) is 14.3. The fourth-order valence-corrected chi connectivity index (χ4v) is 2.29. The number of esters is 1. The van der Waals surface area contributed by atoms with Crippen LogP contribution in [0.2, 0.25) is 0 Å². The minimum absolute atomic E-state index is 0.373. The molecule has 0 aliphatic rings. The molecule has 3 aromatic rings. The van der Waals surface area contributed by atoms with E-state index in [0.29, 0.717) is 16.5 Å². The van der Waals surface area contributed by atoms with Gasteiger partial charge in [0.2, 0.25) is 0 Å². The minimum atomic E-state index is -0.418. The Bertz CT molecular complexity index is 890. The summed E-state index contributed by atoms with van der Waals surface area (Å²) in [6, 6.07) is 10.4. The second-order valence-corrected chi connectivity index (χ2v) is 4.64. The van der Waals surface area contributed by atoms with Crippen LogP contribution < -0.4 is 5.63 Å². The Morgan fingerprint density at radius 1 is 1.05 bits per heavy atom. The van der Waals surface area contributed by atoms with Crippen LogP contribution in [0.3, 0.4) is 0 Å². The molecule has 20 heavy (non-hydrogen) atoms. The zero-order valence-corrected chi connectivity index (χ0v) is 11.1. The Morgan fingerprint density at radius 3 is 2.60 bits per heavy atom. The summed E-state index contributed by atoms with van der Waals surface area (Å²) in [7, 11) is 1.33. The van der Waals surface area contributed by atoms with Gasteiger partial charge in [-0.2, -0.15) is 0 Å². The molecular weight excluding hydrogens is 256 g/mol. The summed E-state index contributed by atoms with van der Waals surface area (Å²) >= 11 is 0. The molecule has 0 unspecified atom stereocenters. The van der Waals surface area contributed by atoms with E-state index in [4.69, 9.17) is 9.15 Å². The summed E-state index contributed by atoms with van der Waals surface area (Å²) in [6.07, 6.45) is 0. The Balaban J connectivity index is 2.44. The molecule has 4 nitrogen and oxygen atoms in total. The van der Waals surface area contributed by atoms with Crippen LogP contribution in [0.4, 0.5) is 0 Å². The van der Waals surface area contributed by atoms with E-state index < -0.39 is 5.97 Å². The van der Waals surface area contributed by atoms with E-state index in [1.54, 1.807) is 24.3 Å². The van der Waals surface area contributed by atoms with Gasteiger partial charge >= 0.3 is 11.6 Å². The van der Waals surface area contributed by atoms with Crippen molar-refractivity contribution in [2.75, 3.05) is 7.11 Å². The highest BCUT2D eigenvalue weighted by atomic mass is 16.5. The maximum Gasteiger partial charge on any atom is 0.344 e. The highest BCUT2D eigenvalue weighted by Crippen LogP contribution is 2.24. The molecule has 1 aromatic heterocycles. The highest BCUT2D eigenvalue weighted by Gasteiger charge is 2.11. The van der Waals surface area contributed by atoms with Crippen molar-refractivity contribution < 1.29 is 13.9 Å². The number of rotatable bonds is 1. The molecule has 0 radical (unpaired) electrons. The van der Waals surface area contributed by atoms with Crippen molar-refractivity contribution in [2.24, 2.45) is 0 Å². The van der Waals surface area contributed by atoms with E-state index >= 15 is 0 Å². The summed E-state index contributed by atoms with van der Waals surface area (Å²) in [6.45, 7) is 1.91. The second-order valence-electron chi connectivity index (χ2n) is 4.64. The zero-order valence-electron chi connectivity index (χ0n) is 11.1. The maximum atomic E-state index is 12.0. The minimum Gasteiger partial charge on any atom is -0.465 e. The first-order valence-corrected chi connectivity index (χ1v) is 6.15. The lowest BCUT2D eigenvalue weighted by atomic mass is 10.0. The van der Waals surface area contributed by atoms with E-state index in [1.807, 2.05) is 19.1 Å². The van der Waals surface area contributed by atoms with Crippen LogP contribution in [0.15, 0.2) is 45.6 Å². The number of aryl methyl sites for hydroxylation is 1. The average molecular weight is 268 g/mol. The standard InChI is InChI=1S/C16H12O4/c1-9-3-5-11-12-8-10(15(17)19-2)4-6-14(12)20-16(18)13(11)7-9/h3-8H,1-2H3. The molecule has 100 valence electrons. The first-order chi connectivity index (χ1) is 9.60. The van der Waals surface area contributed by atoms with Crippen molar-refractivity contribution in [3.8, 4) is 0 Å². The Morgan fingerprint density at radius 2 is 1.85 bits per heavy atom. The molecule has 1 heterocycles. The maximum absolute atomic E-state index is 12.0. The lowest BCUT2D eigenvalue weighted by Crippen LogP contribution is -2.03. The fraction of sp³-hybridized carbons (Fsp3) is 0.125. The van der Waals surface area contributed by atoms with Crippen molar-refractivity contribution in [3.05, 3.63) is 57.9 Å². The predicted octanol–water partition coefficient (Wildman–Crippen LogP) is 3.04. The SMILES string of the molecule is COC(=O)c1ccc2oc(=O)c3cc(C)ccc3c2c1. The molecule has 4 heteroatoms. The molecule has 0 fully saturated rings. The highest BCUT2D eigenvalue weighted by molar-refractivity contribution is 6.06. The van der Waals surface area contributed by atoms with Gasteiger partial charge in [0.15, 0.2) is 0 Å². The average Bonchev–Trinajstić information content (AvgIpc) is 2.46. The van der Waals surface area contributed by atoms with Crippen LogP contribution in [0.25, 0.3) is 21.7 Å². The summed E-state index contributed by atoms with van der Waals surface area (Å²) in [5.74, 6) is -0.418. The summed E-state index contributed by atoms with van der Waals surface area (Å²) in [5.41, 5.74) is 1.49. The fourth-order valence-electron chi connectivity index (χ4n) is 2.29. The lowest BCUT2D eigenvalue weighted by molar-refractivity contribution is 0.0601. The van der Waals surface area contributed by atoms with Crippen LogP contribution in [0.5, 0.6) is 0 Å². The summed E-state index contributed by atoms with van der Waals surface area (Å²) in [4.78, 5) is 23.6. The molecule has 0 bridgehead atoms. The van der Waals surface area contributed by atoms with Crippen molar-refractivity contribution in [3.63, 3.8) is 0 Å². The number of carbonyl (C=O) groups excluding carboxylic acids is 1. The van der Waals surface area contributed by atoms with Gasteiger partial charge in [-0.1, -0.05) is 17.7 Å². The van der Waals surface area contributed by atoms with Crippen LogP contribution >= 0.6 is 0 Å². The van der Waals surface area contributed by atoms with Gasteiger partial charge in [-0.25, -0.2) is 9.59 Å². The monoisotopic (exact) mass is 268 g/mol. The van der Waals surface area contributed by atoms with Gasteiger partial charge in [0.25, 0.3) is 0 Å². The molecule has 2 aromatic carbocycles. The Hall–Kier alpha value is -2.62.